The summed E-state index contributed by atoms with van der Waals surface area (Å²) >= 11 is 0. The van der Waals surface area contributed by atoms with Gasteiger partial charge in [-0.1, -0.05) is 6.92 Å². The highest BCUT2D eigenvalue weighted by Crippen LogP contribution is 1.74. The summed E-state index contributed by atoms with van der Waals surface area (Å²) in [6, 6.07) is 0. The molecule has 0 aromatic rings. The van der Waals surface area contributed by atoms with Crippen LogP contribution in [0.2, 0.25) is 0 Å². The molecule has 0 atom stereocenters. The van der Waals surface area contributed by atoms with Crippen molar-refractivity contribution in [2.75, 3.05) is 0 Å². The highest BCUT2D eigenvalue weighted by atomic mass is 16.2. The number of aldehydes is 3. The molecule has 9 heavy (non-hydrogen) atoms. The van der Waals surface area contributed by atoms with Crippen LogP contribution in [-0.4, -0.2) is 18.9 Å². The largest absolute Gasteiger partial charge is 0.303 e. The fraction of sp³-hybridized carbons (Fsp3) is 0.500. The Morgan fingerprint density at radius 2 is 1.56 bits per heavy atom. The first kappa shape index (κ1) is 10.9. The van der Waals surface area contributed by atoms with E-state index in [1.807, 2.05) is 6.92 Å². The highest BCUT2D eigenvalue weighted by Gasteiger charge is 1.66. The van der Waals surface area contributed by atoms with Gasteiger partial charge in [0.05, 0.1) is 0 Å². The van der Waals surface area contributed by atoms with E-state index in [0.29, 0.717) is 6.42 Å². The third-order valence-electron chi connectivity index (χ3n) is 0.462. The van der Waals surface area contributed by atoms with Crippen LogP contribution in [0.4, 0.5) is 0 Å². The summed E-state index contributed by atoms with van der Waals surface area (Å²) < 4.78 is 0. The van der Waals surface area contributed by atoms with Crippen molar-refractivity contribution in [2.45, 2.75) is 19.8 Å². The molecule has 0 aliphatic heterocycles. The van der Waals surface area contributed by atoms with Crippen LogP contribution in [0.25, 0.3) is 0 Å². The van der Waals surface area contributed by atoms with Crippen LogP contribution in [-0.2, 0) is 14.4 Å². The number of carbonyl (C=O) groups excluding carboxylic acids is 3. The molecule has 0 spiro atoms. The summed E-state index contributed by atoms with van der Waals surface area (Å²) in [4.78, 5) is 27.0. The lowest BCUT2D eigenvalue weighted by Crippen LogP contribution is -1.64. The van der Waals surface area contributed by atoms with Crippen LogP contribution in [0.5, 0.6) is 0 Å². The van der Waals surface area contributed by atoms with Crippen molar-refractivity contribution in [2.24, 2.45) is 0 Å². The van der Waals surface area contributed by atoms with Crippen molar-refractivity contribution in [1.29, 1.82) is 0 Å². The first-order valence-corrected chi connectivity index (χ1v) is 2.66. The van der Waals surface area contributed by atoms with Crippen LogP contribution >= 0.6 is 0 Å². The molecule has 0 saturated carbocycles. The standard InChI is InChI=1S/C4H8O.C2H2O2/c1-2-3-4-5;3-1-2-4/h4H,2-3H2,1H3;1-2H. The summed E-state index contributed by atoms with van der Waals surface area (Å²) in [7, 11) is 0. The average molecular weight is 130 g/mol. The Morgan fingerprint density at radius 1 is 1.11 bits per heavy atom. The Hall–Kier alpha value is -0.990. The van der Waals surface area contributed by atoms with E-state index in [9.17, 15) is 4.79 Å². The summed E-state index contributed by atoms with van der Waals surface area (Å²) in [5.41, 5.74) is 0. The Balaban J connectivity index is 0. The maximum atomic E-state index is 9.40. The quantitative estimate of drug-likeness (QED) is 0.409. The minimum Gasteiger partial charge on any atom is -0.303 e. The second-order valence-electron chi connectivity index (χ2n) is 1.23. The lowest BCUT2D eigenvalue weighted by molar-refractivity contribution is -0.122. The van der Waals surface area contributed by atoms with Crippen molar-refractivity contribution in [1.82, 2.24) is 0 Å². The Bertz CT molecular complexity index is 72.4. The van der Waals surface area contributed by atoms with Gasteiger partial charge in [0.1, 0.15) is 6.29 Å². The van der Waals surface area contributed by atoms with Crippen molar-refractivity contribution in [3.63, 3.8) is 0 Å². The summed E-state index contributed by atoms with van der Waals surface area (Å²) in [6.07, 6.45) is 3.00. The second kappa shape index (κ2) is 15.7. The van der Waals surface area contributed by atoms with Crippen molar-refractivity contribution < 1.29 is 14.4 Å². The van der Waals surface area contributed by atoms with Gasteiger partial charge in [-0.25, -0.2) is 0 Å². The van der Waals surface area contributed by atoms with Gasteiger partial charge < -0.3 is 4.79 Å². The Kier molecular flexibility index (Phi) is 19.1. The van der Waals surface area contributed by atoms with E-state index >= 15 is 0 Å². The fourth-order valence-corrected chi connectivity index (χ4v) is 0.118. The molecule has 0 aromatic carbocycles. The number of rotatable bonds is 3. The van der Waals surface area contributed by atoms with Gasteiger partial charge in [-0.15, -0.1) is 0 Å². The molecule has 52 valence electrons. The molecular formula is C6H10O3. The van der Waals surface area contributed by atoms with E-state index in [4.69, 9.17) is 9.59 Å². The topological polar surface area (TPSA) is 51.2 Å². The van der Waals surface area contributed by atoms with Crippen molar-refractivity contribution >= 4 is 18.9 Å². The SMILES string of the molecule is CCCC=O.O=CC=O. The molecule has 0 radical (unpaired) electrons. The molecule has 0 rings (SSSR count). The van der Waals surface area contributed by atoms with Gasteiger partial charge in [0.25, 0.3) is 0 Å². The number of hydrogen-bond acceptors (Lipinski definition) is 3. The smallest absolute Gasteiger partial charge is 0.182 e. The summed E-state index contributed by atoms with van der Waals surface area (Å²) in [5, 5.41) is 0. The Morgan fingerprint density at radius 3 is 1.56 bits per heavy atom. The van der Waals surface area contributed by atoms with E-state index in [1.165, 1.54) is 0 Å². The van der Waals surface area contributed by atoms with Crippen LogP contribution in [0.1, 0.15) is 19.8 Å². The second-order valence-corrected chi connectivity index (χ2v) is 1.23. The molecule has 0 saturated heterocycles. The van der Waals surface area contributed by atoms with Crippen LogP contribution < -0.4 is 0 Å². The molecule has 0 aromatic heterocycles. The number of unbranched alkanes of at least 4 members (excludes halogenated alkanes) is 1. The van der Waals surface area contributed by atoms with E-state index in [-0.39, 0.29) is 12.6 Å². The summed E-state index contributed by atoms with van der Waals surface area (Å²) in [6.45, 7) is 1.98. The lowest BCUT2D eigenvalue weighted by atomic mass is 10.4. The van der Waals surface area contributed by atoms with E-state index in [2.05, 4.69) is 0 Å². The molecule has 0 fully saturated rings. The fourth-order valence-electron chi connectivity index (χ4n) is 0.118. The predicted molar refractivity (Wildman–Crippen MR) is 33.1 cm³/mol. The molecule has 0 bridgehead atoms. The van der Waals surface area contributed by atoms with Gasteiger partial charge >= 0.3 is 0 Å². The molecule has 0 heterocycles. The van der Waals surface area contributed by atoms with Crippen molar-refractivity contribution in [3.8, 4) is 0 Å². The van der Waals surface area contributed by atoms with Crippen molar-refractivity contribution in [3.05, 3.63) is 0 Å². The maximum absolute atomic E-state index is 9.40. The van der Waals surface area contributed by atoms with Gasteiger partial charge in [0.2, 0.25) is 0 Å². The molecule has 0 aliphatic carbocycles. The average Bonchev–Trinajstić information content (AvgIpc) is 1.91. The normalized spacial score (nSPS) is 6.33. The number of hydrogen-bond donors (Lipinski definition) is 0. The molecule has 0 amide bonds. The predicted octanol–water partition coefficient (Wildman–Crippen LogP) is 0.370. The third kappa shape index (κ3) is 43.6. The zero-order valence-electron chi connectivity index (χ0n) is 5.37. The molecule has 0 aliphatic rings. The minimum absolute atomic E-state index is 0.194. The van der Waals surface area contributed by atoms with Gasteiger partial charge in [0.15, 0.2) is 12.6 Å². The first-order valence-electron chi connectivity index (χ1n) is 2.66. The van der Waals surface area contributed by atoms with Crippen LogP contribution in [0, 0.1) is 0 Å². The van der Waals surface area contributed by atoms with Gasteiger partial charge in [-0.3, -0.25) is 9.59 Å². The maximum Gasteiger partial charge on any atom is 0.182 e. The van der Waals surface area contributed by atoms with Gasteiger partial charge in [-0.05, 0) is 6.42 Å². The van der Waals surface area contributed by atoms with Crippen LogP contribution in [0.3, 0.4) is 0 Å². The summed E-state index contributed by atoms with van der Waals surface area (Å²) in [5.74, 6) is 0. The third-order valence-corrected chi connectivity index (χ3v) is 0.462. The minimum atomic E-state index is 0.194. The number of carbonyl (C=O) groups is 3. The molecule has 0 N–H and O–H groups in total. The van der Waals surface area contributed by atoms with E-state index in [1.54, 1.807) is 0 Å². The zero-order valence-corrected chi connectivity index (χ0v) is 5.37. The zero-order chi connectivity index (χ0) is 7.54. The monoisotopic (exact) mass is 130 g/mol. The molecule has 3 nitrogen and oxygen atoms in total. The molecule has 3 heteroatoms. The molecular weight excluding hydrogens is 120 g/mol. The molecule has 0 unspecified atom stereocenters. The van der Waals surface area contributed by atoms with Gasteiger partial charge in [0, 0.05) is 6.42 Å². The lowest BCUT2D eigenvalue weighted by Gasteiger charge is -1.68. The van der Waals surface area contributed by atoms with Crippen LogP contribution in [0.15, 0.2) is 0 Å². The van der Waals surface area contributed by atoms with E-state index in [0.717, 1.165) is 12.7 Å². The Labute approximate surface area is 54.1 Å². The van der Waals surface area contributed by atoms with E-state index < -0.39 is 0 Å². The van der Waals surface area contributed by atoms with Gasteiger partial charge in [-0.2, -0.15) is 0 Å². The highest BCUT2D eigenvalue weighted by molar-refractivity contribution is 6.09. The first-order chi connectivity index (χ1) is 4.33.